The van der Waals surface area contributed by atoms with E-state index in [9.17, 15) is 9.00 Å². The van der Waals surface area contributed by atoms with E-state index >= 15 is 0 Å². The summed E-state index contributed by atoms with van der Waals surface area (Å²) in [4.78, 5) is 11.7. The van der Waals surface area contributed by atoms with Gasteiger partial charge in [0.15, 0.2) is 5.78 Å². The summed E-state index contributed by atoms with van der Waals surface area (Å²) in [6, 6.07) is 8.98. The lowest BCUT2D eigenvalue weighted by atomic mass is 10.2. The zero-order valence-corrected chi connectivity index (χ0v) is 9.64. The van der Waals surface area contributed by atoms with Gasteiger partial charge in [0.05, 0.1) is 5.75 Å². The van der Waals surface area contributed by atoms with Gasteiger partial charge in [-0.2, -0.15) is 0 Å². The van der Waals surface area contributed by atoms with Crippen LogP contribution in [0, 0.1) is 0 Å². The molecule has 14 heavy (non-hydrogen) atoms. The second-order valence-corrected chi connectivity index (χ2v) is 10.3. The molecule has 0 aliphatic heterocycles. The number of carbonyl (C=O) groups is 1. The molecule has 0 fully saturated rings. The zero-order chi connectivity index (χ0) is 10.8. The normalized spacial score (nSPS) is 14.4. The number of carbonyl (C=O) groups excluding carboxylic acids is 1. The molecule has 0 saturated carbocycles. The van der Waals surface area contributed by atoms with Crippen molar-refractivity contribution in [1.29, 1.82) is 0 Å². The summed E-state index contributed by atoms with van der Waals surface area (Å²) < 4.78 is 12.0. The van der Waals surface area contributed by atoms with Gasteiger partial charge in [-0.05, 0) is 18.8 Å². The van der Waals surface area contributed by atoms with Crippen LogP contribution in [0.5, 0.6) is 0 Å². The van der Waals surface area contributed by atoms with Gasteiger partial charge in [-0.3, -0.25) is 9.00 Å². The minimum Gasteiger partial charge on any atom is -0.293 e. The van der Waals surface area contributed by atoms with Crippen molar-refractivity contribution in [3.05, 3.63) is 35.9 Å². The van der Waals surface area contributed by atoms with Gasteiger partial charge in [0.2, 0.25) is 0 Å². The molecule has 0 N–H and O–H groups in total. The van der Waals surface area contributed by atoms with Crippen LogP contribution >= 0.6 is 0 Å². The molecule has 0 aromatic heterocycles. The van der Waals surface area contributed by atoms with Gasteiger partial charge in [0.25, 0.3) is 0 Å². The highest BCUT2D eigenvalue weighted by Crippen LogP contribution is 2.14. The lowest BCUT2D eigenvalue weighted by Gasteiger charge is -2.27. The Kier molecular flexibility index (Phi) is 2.63. The van der Waals surface area contributed by atoms with Gasteiger partial charge >= 0.3 is 0 Å². The third kappa shape index (κ3) is 3.83. The first-order chi connectivity index (χ1) is 6.24. The maximum absolute atomic E-state index is 12.0. The van der Waals surface area contributed by atoms with Crippen LogP contribution in [0.4, 0.5) is 0 Å². The molecule has 0 spiro atoms. The maximum atomic E-state index is 12.0. The summed E-state index contributed by atoms with van der Waals surface area (Å²) in [6.07, 6.45) is 4.95. The van der Waals surface area contributed by atoms with E-state index in [1.807, 2.05) is 18.2 Å². The van der Waals surface area contributed by atoms with Crippen molar-refractivity contribution in [3.63, 3.8) is 0 Å². The average Bonchev–Trinajstić information content (AvgIpc) is 2.01. The molecular weight excluding hydrogens is 196 g/mol. The van der Waals surface area contributed by atoms with E-state index in [2.05, 4.69) is 0 Å². The van der Waals surface area contributed by atoms with Crippen LogP contribution in [0.1, 0.15) is 10.4 Å². The Hall–Kier alpha value is -0.960. The molecule has 0 aliphatic carbocycles. The summed E-state index contributed by atoms with van der Waals surface area (Å²) >= 11 is 0. The molecule has 0 radical (unpaired) electrons. The van der Waals surface area contributed by atoms with E-state index < -0.39 is 9.07 Å². The fraction of sp³-hybridized carbons (Fsp3) is 0.364. The van der Waals surface area contributed by atoms with E-state index in [4.69, 9.17) is 0 Å². The van der Waals surface area contributed by atoms with Crippen LogP contribution in [-0.2, 0) is 9.07 Å². The Labute approximate surface area is 84.7 Å². The Bertz CT molecular complexity index is 390. The SMILES string of the molecule is CS(C)(C)(=O)CC(=O)c1ccccc1. The van der Waals surface area contributed by atoms with Gasteiger partial charge in [-0.1, -0.05) is 39.4 Å². The van der Waals surface area contributed by atoms with Crippen LogP contribution < -0.4 is 0 Å². The molecule has 3 heteroatoms. The van der Waals surface area contributed by atoms with Gasteiger partial charge in [-0.25, -0.2) is 0 Å². The summed E-state index contributed by atoms with van der Waals surface area (Å²) in [5.41, 5.74) is 0.636. The quantitative estimate of drug-likeness (QED) is 0.713. The van der Waals surface area contributed by atoms with Crippen LogP contribution in [-0.4, -0.2) is 34.5 Å². The second kappa shape index (κ2) is 3.31. The van der Waals surface area contributed by atoms with E-state index in [1.165, 1.54) is 0 Å². The maximum Gasteiger partial charge on any atom is 0.173 e. The number of rotatable bonds is 3. The van der Waals surface area contributed by atoms with Crippen molar-refractivity contribution < 1.29 is 9.00 Å². The number of Topliss-reactive ketones (excluding diaryl/α,β-unsaturated/α-hetero) is 1. The summed E-state index contributed by atoms with van der Waals surface area (Å²) in [6.45, 7) is 0. The number of hydrogen-bond donors (Lipinski definition) is 0. The Morgan fingerprint density at radius 2 is 1.64 bits per heavy atom. The second-order valence-electron chi connectivity index (χ2n) is 4.64. The molecule has 0 aliphatic rings. The lowest BCUT2D eigenvalue weighted by molar-refractivity contribution is 0.102. The molecule has 78 valence electrons. The van der Waals surface area contributed by atoms with Gasteiger partial charge in [-0.15, -0.1) is 0 Å². The highest BCUT2D eigenvalue weighted by atomic mass is 32.3. The third-order valence-electron chi connectivity index (χ3n) is 1.72. The van der Waals surface area contributed by atoms with Crippen LogP contribution in [0.15, 0.2) is 30.3 Å². The molecule has 0 saturated heterocycles. The average molecular weight is 212 g/mol. The first-order valence-corrected chi connectivity index (χ1v) is 7.76. The van der Waals surface area contributed by atoms with E-state index in [0.717, 1.165) is 0 Å². The highest BCUT2D eigenvalue weighted by molar-refractivity contribution is 8.18. The largest absolute Gasteiger partial charge is 0.293 e. The van der Waals surface area contributed by atoms with Crippen molar-refractivity contribution in [2.45, 2.75) is 0 Å². The van der Waals surface area contributed by atoms with Crippen LogP contribution in [0.2, 0.25) is 0 Å². The van der Waals surface area contributed by atoms with Gasteiger partial charge < -0.3 is 0 Å². The molecule has 0 amide bonds. The molecule has 1 rings (SSSR count). The first kappa shape index (κ1) is 11.1. The molecule has 0 bridgehead atoms. The van der Waals surface area contributed by atoms with Crippen molar-refractivity contribution in [2.24, 2.45) is 0 Å². The van der Waals surface area contributed by atoms with E-state index in [0.29, 0.717) is 5.56 Å². The minimum atomic E-state index is -2.73. The smallest absolute Gasteiger partial charge is 0.173 e. The monoisotopic (exact) mass is 212 g/mol. The topological polar surface area (TPSA) is 34.1 Å². The predicted molar refractivity (Wildman–Crippen MR) is 61.6 cm³/mol. The van der Waals surface area contributed by atoms with Gasteiger partial charge in [0.1, 0.15) is 0 Å². The van der Waals surface area contributed by atoms with E-state index in [-0.39, 0.29) is 11.5 Å². The van der Waals surface area contributed by atoms with Crippen molar-refractivity contribution in [3.8, 4) is 0 Å². The van der Waals surface area contributed by atoms with Crippen molar-refractivity contribution in [2.75, 3.05) is 24.5 Å². The summed E-state index contributed by atoms with van der Waals surface area (Å²) in [5, 5.41) is 0. The molecule has 1 aromatic carbocycles. The number of ketones is 1. The molecule has 0 heterocycles. The molecule has 0 atom stereocenters. The molecule has 0 unspecified atom stereocenters. The third-order valence-corrected chi connectivity index (χ3v) is 2.96. The van der Waals surface area contributed by atoms with Crippen LogP contribution in [0.25, 0.3) is 0 Å². The predicted octanol–water partition coefficient (Wildman–Crippen LogP) is 1.58. The fourth-order valence-electron chi connectivity index (χ4n) is 1.15. The summed E-state index contributed by atoms with van der Waals surface area (Å²) in [5.74, 6) is 0.0800. The Morgan fingerprint density at radius 1 is 1.14 bits per heavy atom. The van der Waals surface area contributed by atoms with Crippen LogP contribution in [0.3, 0.4) is 0 Å². The molecular formula is C11H16O2S. The Morgan fingerprint density at radius 3 is 2.07 bits per heavy atom. The minimum absolute atomic E-state index is 0.0462. The first-order valence-electron chi connectivity index (χ1n) is 4.40. The highest BCUT2D eigenvalue weighted by Gasteiger charge is 2.23. The Balaban J connectivity index is 2.86. The fourth-order valence-corrected chi connectivity index (χ4v) is 2.21. The number of hydrogen-bond acceptors (Lipinski definition) is 2. The zero-order valence-electron chi connectivity index (χ0n) is 8.82. The molecule has 1 aromatic rings. The lowest BCUT2D eigenvalue weighted by Crippen LogP contribution is -2.35. The van der Waals surface area contributed by atoms with Crippen molar-refractivity contribution in [1.82, 2.24) is 0 Å². The number of benzene rings is 1. The van der Waals surface area contributed by atoms with Gasteiger partial charge in [0, 0.05) is 5.56 Å². The van der Waals surface area contributed by atoms with E-state index in [1.54, 1.807) is 30.9 Å². The summed E-state index contributed by atoms with van der Waals surface area (Å²) in [7, 11) is -2.73. The molecule has 2 nitrogen and oxygen atoms in total. The standard InChI is InChI=1S/C11H16O2S/c1-14(2,3,13)9-11(12)10-7-5-4-6-8-10/h4-8H,9H2,1-3H3. The van der Waals surface area contributed by atoms with Crippen molar-refractivity contribution >= 4 is 14.8 Å².